The van der Waals surface area contributed by atoms with Crippen molar-refractivity contribution in [1.29, 1.82) is 0 Å². The number of carbonyl (C=O) groups is 2. The van der Waals surface area contributed by atoms with Crippen molar-refractivity contribution in [2.24, 2.45) is 5.41 Å². The molecule has 5 rings (SSSR count). The van der Waals surface area contributed by atoms with Gasteiger partial charge in [0.15, 0.2) is 10.7 Å². The number of nitrogens with zero attached hydrogens (tertiary/aromatic N) is 5. The van der Waals surface area contributed by atoms with Gasteiger partial charge in [-0.3, -0.25) is 4.79 Å². The minimum Gasteiger partial charge on any atom is -0.497 e. The van der Waals surface area contributed by atoms with Crippen LogP contribution in [0, 0.1) is 5.41 Å². The molecule has 0 saturated carbocycles. The fourth-order valence-corrected chi connectivity index (χ4v) is 5.03. The Labute approximate surface area is 304 Å². The molecule has 0 aliphatic rings. The molecule has 0 unspecified atom stereocenters. The molecule has 3 aromatic carbocycles. The number of rotatable bonds is 15. The van der Waals surface area contributed by atoms with Gasteiger partial charge in [-0.15, -0.1) is 5.10 Å². The number of hydrogen-bond donors (Lipinski definition) is 1. The van der Waals surface area contributed by atoms with Gasteiger partial charge >= 0.3 is 5.97 Å². The number of thioether (sulfide) groups is 1. The van der Waals surface area contributed by atoms with Crippen LogP contribution in [0.5, 0.6) is 23.3 Å². The molecule has 0 aliphatic heterocycles. The van der Waals surface area contributed by atoms with Gasteiger partial charge in [-0.25, -0.2) is 4.79 Å². The normalized spacial score (nSPS) is 11.1. The Bertz CT molecular complexity index is 1910. The average Bonchev–Trinajstić information content (AvgIpc) is 3.61. The summed E-state index contributed by atoms with van der Waals surface area (Å²) in [6, 6.07) is 19.6. The van der Waals surface area contributed by atoms with Crippen LogP contribution in [-0.2, 0) is 18.0 Å². The predicted molar refractivity (Wildman–Crippen MR) is 193 cm³/mol. The van der Waals surface area contributed by atoms with E-state index in [1.807, 2.05) is 61.7 Å². The summed E-state index contributed by atoms with van der Waals surface area (Å²) in [7, 11) is 3.18. The highest BCUT2D eigenvalue weighted by Gasteiger charge is 2.29. The monoisotopic (exact) mass is 732 g/mol. The third kappa shape index (κ3) is 9.27. The molecule has 0 atom stereocenters. The molecule has 1 N–H and O–H groups in total. The van der Waals surface area contributed by atoms with Crippen molar-refractivity contribution in [3.63, 3.8) is 0 Å². The molecular weight excluding hydrogens is 696 g/mol. The number of ether oxygens (including phenoxy) is 4. The van der Waals surface area contributed by atoms with Gasteiger partial charge in [0.2, 0.25) is 11.8 Å². The maximum Gasteiger partial charge on any atom is 0.340 e. The molecule has 266 valence electrons. The van der Waals surface area contributed by atoms with Crippen LogP contribution < -0.4 is 29.1 Å². The molecule has 0 fully saturated rings. The van der Waals surface area contributed by atoms with Crippen LogP contribution in [0.1, 0.15) is 48.7 Å². The second-order valence-electron chi connectivity index (χ2n) is 11.7. The molecule has 5 aromatic rings. The summed E-state index contributed by atoms with van der Waals surface area (Å²) < 4.78 is 22.8. The summed E-state index contributed by atoms with van der Waals surface area (Å²) in [5.74, 6) is 0.444. The van der Waals surface area contributed by atoms with E-state index < -0.39 is 17.3 Å². The van der Waals surface area contributed by atoms with Gasteiger partial charge in [0.25, 0.3) is 5.91 Å². The summed E-state index contributed by atoms with van der Waals surface area (Å²) >= 11 is 7.93. The molecule has 15 heteroatoms. The van der Waals surface area contributed by atoms with E-state index in [9.17, 15) is 9.59 Å². The Morgan fingerprint density at radius 2 is 1.45 bits per heavy atom. The van der Waals surface area contributed by atoms with Crippen molar-refractivity contribution < 1.29 is 33.4 Å². The molecule has 2 heterocycles. The second-order valence-corrected chi connectivity index (χ2v) is 12.9. The fourth-order valence-electron chi connectivity index (χ4n) is 4.41. The highest BCUT2D eigenvalue weighted by Crippen LogP contribution is 2.33. The number of halogens is 1. The van der Waals surface area contributed by atoms with Gasteiger partial charge in [0.05, 0.1) is 30.9 Å². The SMILES string of the molecule is CCC(C)(C)C(=O)On1cc(-c2ccc(NC(=O)c3c(OCc4ccc(OC)cc4)nc(SC)nc3OCc3ccc(OC)cc3)cc2Cl)nn1. The first-order valence-corrected chi connectivity index (χ1v) is 17.4. The molecule has 2 aromatic heterocycles. The van der Waals surface area contributed by atoms with Crippen molar-refractivity contribution in [2.75, 3.05) is 25.8 Å². The maximum absolute atomic E-state index is 14.0. The third-order valence-electron chi connectivity index (χ3n) is 7.89. The Balaban J connectivity index is 1.41. The van der Waals surface area contributed by atoms with Crippen molar-refractivity contribution in [2.45, 2.75) is 45.6 Å². The molecular formula is C36H37ClN6O7S. The first-order chi connectivity index (χ1) is 24.5. The molecule has 0 saturated heterocycles. The van der Waals surface area contributed by atoms with Crippen LogP contribution in [0.15, 0.2) is 78.1 Å². The van der Waals surface area contributed by atoms with Crippen molar-refractivity contribution in [3.8, 4) is 34.5 Å². The van der Waals surface area contributed by atoms with Crippen molar-refractivity contribution in [1.82, 2.24) is 25.1 Å². The third-order valence-corrected chi connectivity index (χ3v) is 8.75. The summed E-state index contributed by atoms with van der Waals surface area (Å²) in [6.07, 6.45) is 3.85. The smallest absolute Gasteiger partial charge is 0.340 e. The molecule has 51 heavy (non-hydrogen) atoms. The topological polar surface area (TPSA) is 149 Å². The van der Waals surface area contributed by atoms with Crippen LogP contribution in [0.4, 0.5) is 5.69 Å². The molecule has 1 amide bonds. The fraction of sp³-hybridized carbons (Fsp3) is 0.278. The van der Waals surface area contributed by atoms with Gasteiger partial charge in [0, 0.05) is 11.3 Å². The van der Waals surface area contributed by atoms with Gasteiger partial charge in [-0.1, -0.05) is 59.4 Å². The zero-order valence-electron chi connectivity index (χ0n) is 28.9. The maximum atomic E-state index is 14.0. The second kappa shape index (κ2) is 16.6. The molecule has 13 nitrogen and oxygen atoms in total. The highest BCUT2D eigenvalue weighted by atomic mass is 35.5. The lowest BCUT2D eigenvalue weighted by molar-refractivity contribution is -0.156. The van der Waals surface area contributed by atoms with Crippen LogP contribution >= 0.6 is 23.4 Å². The highest BCUT2D eigenvalue weighted by molar-refractivity contribution is 7.98. The molecule has 0 radical (unpaired) electrons. The standard InChI is InChI=1S/C36H37ClN6O7S/c1-7-36(2,3)34(45)50-43-19-29(41-42-43)27-17-12-24(18-28(27)37)38-31(44)30-32(48-20-22-8-13-25(46-4)14-9-22)39-35(51-6)40-33(30)49-21-23-10-15-26(47-5)16-11-23/h8-19H,7,20-21H2,1-6H3,(H,38,44). The van der Waals surface area contributed by atoms with Crippen LogP contribution in [0.25, 0.3) is 11.3 Å². The number of methoxy groups -OCH3 is 2. The molecule has 0 spiro atoms. The van der Waals surface area contributed by atoms with E-state index in [4.69, 9.17) is 35.4 Å². The lowest BCUT2D eigenvalue weighted by atomic mass is 9.91. The van der Waals surface area contributed by atoms with Crippen LogP contribution in [0.3, 0.4) is 0 Å². The number of nitrogens with one attached hydrogen (secondary N) is 1. The molecule has 0 bridgehead atoms. The number of hydrogen-bond acceptors (Lipinski definition) is 12. The first-order valence-electron chi connectivity index (χ1n) is 15.8. The Morgan fingerprint density at radius 3 is 1.94 bits per heavy atom. The summed E-state index contributed by atoms with van der Waals surface area (Å²) in [4.78, 5) is 41.9. The van der Waals surface area contributed by atoms with Crippen LogP contribution in [-0.4, -0.2) is 57.5 Å². The molecule has 0 aliphatic carbocycles. The van der Waals surface area contributed by atoms with Crippen LogP contribution in [0.2, 0.25) is 5.02 Å². The first kappa shape index (κ1) is 36.9. The van der Waals surface area contributed by atoms with Gasteiger partial charge in [0.1, 0.15) is 30.4 Å². The summed E-state index contributed by atoms with van der Waals surface area (Å²) in [6.45, 7) is 5.69. The number of aromatic nitrogens is 5. The number of carbonyl (C=O) groups excluding carboxylic acids is 2. The van der Waals surface area contributed by atoms with Gasteiger partial charge in [-0.2, -0.15) is 9.97 Å². The summed E-state index contributed by atoms with van der Waals surface area (Å²) in [5, 5.41) is 11.5. The quantitative estimate of drug-likeness (QED) is 0.0676. The largest absolute Gasteiger partial charge is 0.497 e. The van der Waals surface area contributed by atoms with Gasteiger partial charge < -0.3 is 29.1 Å². The minimum atomic E-state index is -0.689. The summed E-state index contributed by atoms with van der Waals surface area (Å²) in [5.41, 5.74) is 2.20. The van der Waals surface area contributed by atoms with E-state index in [2.05, 4.69) is 25.6 Å². The predicted octanol–water partition coefficient (Wildman–Crippen LogP) is 6.93. The Morgan fingerprint density at radius 1 is 0.882 bits per heavy atom. The van der Waals surface area contributed by atoms with E-state index in [1.54, 1.807) is 46.3 Å². The Hall–Kier alpha value is -5.34. The van der Waals surface area contributed by atoms with E-state index in [1.165, 1.54) is 18.0 Å². The number of benzene rings is 3. The van der Waals surface area contributed by atoms with Crippen molar-refractivity contribution >= 4 is 40.9 Å². The van der Waals surface area contributed by atoms with Gasteiger partial charge in [-0.05, 0) is 85.3 Å². The van der Waals surface area contributed by atoms with Crippen molar-refractivity contribution in [3.05, 3.63) is 94.6 Å². The zero-order chi connectivity index (χ0) is 36.5. The minimum absolute atomic E-state index is 0.00483. The number of amides is 1. The van der Waals surface area contributed by atoms with E-state index in [0.717, 1.165) is 16.0 Å². The van der Waals surface area contributed by atoms with E-state index in [0.29, 0.717) is 40.0 Å². The lowest BCUT2D eigenvalue weighted by Crippen LogP contribution is -2.33. The number of anilines is 1. The Kier molecular flexibility index (Phi) is 12.0. The zero-order valence-corrected chi connectivity index (χ0v) is 30.5. The van der Waals surface area contributed by atoms with E-state index in [-0.39, 0.29) is 35.6 Å². The average molecular weight is 733 g/mol. The van der Waals surface area contributed by atoms with E-state index >= 15 is 0 Å². The lowest BCUT2D eigenvalue weighted by Gasteiger charge is -2.18.